The van der Waals surface area contributed by atoms with Crippen molar-refractivity contribution in [3.63, 3.8) is 0 Å². The zero-order chi connectivity index (χ0) is 16.0. The molecule has 0 atom stereocenters. The SMILES string of the molecule is O=C(O)c1cccc2c1C(=O)N(C1CCN(CC3CC3)CC1)C2. The maximum absolute atomic E-state index is 12.7. The van der Waals surface area contributed by atoms with Gasteiger partial charge in [0.15, 0.2) is 0 Å². The lowest BCUT2D eigenvalue weighted by molar-refractivity contribution is 0.0582. The summed E-state index contributed by atoms with van der Waals surface area (Å²) in [6.07, 6.45) is 4.74. The lowest BCUT2D eigenvalue weighted by Crippen LogP contribution is -2.45. The Morgan fingerprint density at radius 1 is 1.17 bits per heavy atom. The smallest absolute Gasteiger partial charge is 0.336 e. The van der Waals surface area contributed by atoms with Crippen LogP contribution in [0.5, 0.6) is 0 Å². The highest BCUT2D eigenvalue weighted by Gasteiger charge is 2.37. The maximum atomic E-state index is 12.7. The minimum Gasteiger partial charge on any atom is -0.478 e. The second kappa shape index (κ2) is 5.64. The molecule has 4 rings (SSSR count). The molecule has 1 saturated carbocycles. The van der Waals surface area contributed by atoms with E-state index in [4.69, 9.17) is 0 Å². The molecule has 1 amide bonds. The Kier molecular flexibility index (Phi) is 3.60. The summed E-state index contributed by atoms with van der Waals surface area (Å²) in [7, 11) is 0. The number of likely N-dealkylation sites (tertiary alicyclic amines) is 1. The molecule has 0 bridgehead atoms. The van der Waals surface area contributed by atoms with Crippen LogP contribution in [-0.4, -0.2) is 52.5 Å². The number of amides is 1. The van der Waals surface area contributed by atoms with Gasteiger partial charge in [-0.15, -0.1) is 0 Å². The van der Waals surface area contributed by atoms with Crippen LogP contribution in [0.2, 0.25) is 0 Å². The predicted molar refractivity (Wildman–Crippen MR) is 85.5 cm³/mol. The van der Waals surface area contributed by atoms with Crippen molar-refractivity contribution >= 4 is 11.9 Å². The van der Waals surface area contributed by atoms with Crippen LogP contribution < -0.4 is 0 Å². The van der Waals surface area contributed by atoms with Gasteiger partial charge in [-0.25, -0.2) is 4.79 Å². The quantitative estimate of drug-likeness (QED) is 0.925. The van der Waals surface area contributed by atoms with Crippen LogP contribution in [0.1, 0.15) is 52.0 Å². The van der Waals surface area contributed by atoms with Gasteiger partial charge in [0.25, 0.3) is 5.91 Å². The molecule has 3 aliphatic rings. The Morgan fingerprint density at radius 2 is 1.91 bits per heavy atom. The fourth-order valence-corrected chi connectivity index (χ4v) is 3.94. The summed E-state index contributed by atoms with van der Waals surface area (Å²) < 4.78 is 0. The molecule has 1 aromatic rings. The van der Waals surface area contributed by atoms with Gasteiger partial charge in [0.2, 0.25) is 0 Å². The van der Waals surface area contributed by atoms with Crippen molar-refractivity contribution in [2.24, 2.45) is 5.92 Å². The van der Waals surface area contributed by atoms with Crippen LogP contribution in [0.3, 0.4) is 0 Å². The highest BCUT2D eigenvalue weighted by Crippen LogP contribution is 2.33. The number of aromatic carboxylic acids is 1. The molecule has 0 aromatic heterocycles. The Labute approximate surface area is 135 Å². The van der Waals surface area contributed by atoms with Gasteiger partial charge in [-0.3, -0.25) is 4.79 Å². The Bertz CT molecular complexity index is 646. The standard InChI is InChI=1S/C18H22N2O3/c21-17-16-13(2-1-3-15(16)18(22)23)11-20(17)14-6-8-19(9-7-14)10-12-4-5-12/h1-3,12,14H,4-11H2,(H,22,23). The molecule has 2 heterocycles. The van der Waals surface area contributed by atoms with Crippen molar-refractivity contribution in [3.05, 3.63) is 34.9 Å². The number of nitrogens with zero attached hydrogens (tertiary/aromatic N) is 2. The third-order valence-electron chi connectivity index (χ3n) is 5.41. The van der Waals surface area contributed by atoms with E-state index >= 15 is 0 Å². The predicted octanol–water partition coefficient (Wildman–Crippen LogP) is 2.21. The Balaban J connectivity index is 1.46. The largest absolute Gasteiger partial charge is 0.478 e. The molecule has 0 spiro atoms. The van der Waals surface area contributed by atoms with Gasteiger partial charge in [-0.05, 0) is 43.2 Å². The number of benzene rings is 1. The van der Waals surface area contributed by atoms with Gasteiger partial charge in [-0.1, -0.05) is 12.1 Å². The first-order chi connectivity index (χ1) is 11.1. The molecule has 1 N–H and O–H groups in total. The Morgan fingerprint density at radius 3 is 2.57 bits per heavy atom. The van der Waals surface area contributed by atoms with Crippen molar-refractivity contribution in [2.75, 3.05) is 19.6 Å². The van der Waals surface area contributed by atoms with E-state index in [1.807, 2.05) is 11.0 Å². The fraction of sp³-hybridized carbons (Fsp3) is 0.556. The molecule has 2 fully saturated rings. The Hall–Kier alpha value is -1.88. The molecule has 5 heteroatoms. The van der Waals surface area contributed by atoms with Crippen LogP contribution in [0.15, 0.2) is 18.2 Å². The summed E-state index contributed by atoms with van der Waals surface area (Å²) in [5.74, 6) is -0.211. The van der Waals surface area contributed by atoms with Gasteiger partial charge >= 0.3 is 5.97 Å². The van der Waals surface area contributed by atoms with E-state index in [-0.39, 0.29) is 17.5 Å². The number of carbonyl (C=O) groups excluding carboxylic acids is 1. The minimum atomic E-state index is -1.02. The van der Waals surface area contributed by atoms with Crippen molar-refractivity contribution in [1.82, 2.24) is 9.80 Å². The monoisotopic (exact) mass is 314 g/mol. The third-order valence-corrected chi connectivity index (χ3v) is 5.41. The zero-order valence-corrected chi connectivity index (χ0v) is 13.2. The van der Waals surface area contributed by atoms with E-state index in [0.717, 1.165) is 37.4 Å². The van der Waals surface area contributed by atoms with E-state index in [1.165, 1.54) is 25.5 Å². The van der Waals surface area contributed by atoms with Gasteiger partial charge in [0, 0.05) is 32.2 Å². The molecule has 0 unspecified atom stereocenters. The third kappa shape index (κ3) is 2.74. The fourth-order valence-electron chi connectivity index (χ4n) is 3.94. The summed E-state index contributed by atoms with van der Waals surface area (Å²) in [4.78, 5) is 28.5. The van der Waals surface area contributed by atoms with E-state index in [1.54, 1.807) is 6.07 Å². The van der Waals surface area contributed by atoms with Crippen molar-refractivity contribution in [2.45, 2.75) is 38.3 Å². The van der Waals surface area contributed by atoms with E-state index in [2.05, 4.69) is 4.90 Å². The second-order valence-electron chi connectivity index (χ2n) is 7.05. The summed E-state index contributed by atoms with van der Waals surface area (Å²) >= 11 is 0. The number of carbonyl (C=O) groups is 2. The molecular formula is C18H22N2O3. The number of fused-ring (bicyclic) bond motifs is 1. The second-order valence-corrected chi connectivity index (χ2v) is 7.05. The van der Waals surface area contributed by atoms with Crippen LogP contribution in [0.4, 0.5) is 0 Å². The lowest BCUT2D eigenvalue weighted by Gasteiger charge is -2.36. The first-order valence-electron chi connectivity index (χ1n) is 8.52. The number of carboxylic acid groups (broad SMARTS) is 1. The number of piperidine rings is 1. The molecule has 0 radical (unpaired) electrons. The van der Waals surface area contributed by atoms with Gasteiger partial charge in [0.05, 0.1) is 11.1 Å². The molecule has 5 nitrogen and oxygen atoms in total. The van der Waals surface area contributed by atoms with Crippen molar-refractivity contribution < 1.29 is 14.7 Å². The highest BCUT2D eigenvalue weighted by molar-refractivity contribution is 6.07. The van der Waals surface area contributed by atoms with Crippen LogP contribution >= 0.6 is 0 Å². The average molecular weight is 314 g/mol. The van der Waals surface area contributed by atoms with E-state index in [9.17, 15) is 14.7 Å². The van der Waals surface area contributed by atoms with Crippen molar-refractivity contribution in [3.8, 4) is 0 Å². The van der Waals surface area contributed by atoms with Crippen LogP contribution in [-0.2, 0) is 6.54 Å². The average Bonchev–Trinajstić information content (AvgIpc) is 3.30. The minimum absolute atomic E-state index is 0.0985. The molecule has 1 aliphatic carbocycles. The topological polar surface area (TPSA) is 60.9 Å². The van der Waals surface area contributed by atoms with Crippen LogP contribution in [0.25, 0.3) is 0 Å². The molecule has 2 aliphatic heterocycles. The maximum Gasteiger partial charge on any atom is 0.336 e. The number of rotatable bonds is 4. The van der Waals surface area contributed by atoms with Gasteiger partial charge in [-0.2, -0.15) is 0 Å². The molecule has 23 heavy (non-hydrogen) atoms. The number of carboxylic acids is 1. The lowest BCUT2D eigenvalue weighted by atomic mass is 10.0. The molecule has 122 valence electrons. The summed E-state index contributed by atoms with van der Waals surface area (Å²) in [5.41, 5.74) is 1.40. The first-order valence-corrected chi connectivity index (χ1v) is 8.52. The molecular weight excluding hydrogens is 292 g/mol. The van der Waals surface area contributed by atoms with Crippen LogP contribution in [0, 0.1) is 5.92 Å². The number of hydrogen-bond acceptors (Lipinski definition) is 3. The number of hydrogen-bond donors (Lipinski definition) is 1. The summed E-state index contributed by atoms with van der Waals surface area (Å²) in [6.45, 7) is 3.87. The zero-order valence-electron chi connectivity index (χ0n) is 13.2. The van der Waals surface area contributed by atoms with Gasteiger partial charge < -0.3 is 14.9 Å². The van der Waals surface area contributed by atoms with E-state index in [0.29, 0.717) is 12.1 Å². The van der Waals surface area contributed by atoms with Gasteiger partial charge in [0.1, 0.15) is 0 Å². The summed E-state index contributed by atoms with van der Waals surface area (Å²) in [6, 6.07) is 5.38. The van der Waals surface area contributed by atoms with E-state index < -0.39 is 5.97 Å². The molecule has 1 saturated heterocycles. The first kappa shape index (κ1) is 14.7. The highest BCUT2D eigenvalue weighted by atomic mass is 16.4. The summed E-state index contributed by atoms with van der Waals surface area (Å²) in [5, 5.41) is 9.31. The molecule has 1 aromatic carbocycles. The normalized spacial score (nSPS) is 22.4. The van der Waals surface area contributed by atoms with Crippen molar-refractivity contribution in [1.29, 1.82) is 0 Å².